The standard InChI is InChI=1S/C23H32N4O4.ClH/c1-26-14-18-12-17(2-3-19(18)25-20(23(26)31)13-21(28)29)22(30)27-10-6-16(7-11-27)15-4-8-24-9-5-15;/h2-3,12,15-16,20,24-25H,4-11,13-14H2,1H3,(H,28,29);1H/t20-;/m0./s1. The minimum Gasteiger partial charge on any atom is -0.481 e. The van der Waals surface area contributed by atoms with Crippen LogP contribution in [0.2, 0.25) is 0 Å². The van der Waals surface area contributed by atoms with Crippen molar-refractivity contribution >= 4 is 35.9 Å². The maximum atomic E-state index is 13.1. The van der Waals surface area contributed by atoms with Gasteiger partial charge < -0.3 is 25.5 Å². The van der Waals surface area contributed by atoms with Gasteiger partial charge in [0.25, 0.3) is 5.91 Å². The number of hydrogen-bond acceptors (Lipinski definition) is 5. The number of likely N-dealkylation sites (tertiary alicyclic amines) is 1. The summed E-state index contributed by atoms with van der Waals surface area (Å²) in [6, 6.07) is 4.61. The Labute approximate surface area is 195 Å². The van der Waals surface area contributed by atoms with E-state index < -0.39 is 12.0 Å². The Bertz CT molecular complexity index is 850. The van der Waals surface area contributed by atoms with Crippen LogP contribution in [0.25, 0.3) is 0 Å². The molecule has 3 aliphatic heterocycles. The third-order valence-electron chi connectivity index (χ3n) is 7.02. The first kappa shape index (κ1) is 24.3. The average molecular weight is 465 g/mol. The first-order valence-electron chi connectivity index (χ1n) is 11.3. The number of likely N-dealkylation sites (N-methyl/N-ethyl adjacent to an activating group) is 1. The van der Waals surface area contributed by atoms with E-state index in [0.29, 0.717) is 23.7 Å². The van der Waals surface area contributed by atoms with E-state index in [1.54, 1.807) is 19.2 Å². The largest absolute Gasteiger partial charge is 0.481 e. The van der Waals surface area contributed by atoms with Crippen LogP contribution >= 0.6 is 12.4 Å². The van der Waals surface area contributed by atoms with E-state index in [0.717, 1.165) is 50.5 Å². The van der Waals surface area contributed by atoms with Gasteiger partial charge in [0.2, 0.25) is 5.91 Å². The smallest absolute Gasteiger partial charge is 0.305 e. The van der Waals surface area contributed by atoms with E-state index in [9.17, 15) is 14.4 Å². The highest BCUT2D eigenvalue weighted by atomic mass is 35.5. The molecule has 1 atom stereocenters. The van der Waals surface area contributed by atoms with Crippen LogP contribution in [-0.4, -0.2) is 72.0 Å². The average Bonchev–Trinajstić information content (AvgIpc) is 2.89. The van der Waals surface area contributed by atoms with Crippen LogP contribution in [-0.2, 0) is 16.1 Å². The summed E-state index contributed by atoms with van der Waals surface area (Å²) in [5.41, 5.74) is 2.17. The Kier molecular flexibility index (Phi) is 8.00. The molecule has 1 aromatic carbocycles. The van der Waals surface area contributed by atoms with E-state index in [1.165, 1.54) is 17.7 Å². The summed E-state index contributed by atoms with van der Waals surface area (Å²) in [5, 5.41) is 15.6. The van der Waals surface area contributed by atoms with Gasteiger partial charge in [0.1, 0.15) is 6.04 Å². The van der Waals surface area contributed by atoms with Crippen LogP contribution in [0.1, 0.15) is 48.0 Å². The Morgan fingerprint density at radius 2 is 1.75 bits per heavy atom. The molecule has 0 spiro atoms. The molecule has 0 aromatic heterocycles. The minimum absolute atomic E-state index is 0. The third-order valence-corrected chi connectivity index (χ3v) is 7.02. The van der Waals surface area contributed by atoms with E-state index in [2.05, 4.69) is 10.6 Å². The van der Waals surface area contributed by atoms with Crippen molar-refractivity contribution in [3.63, 3.8) is 0 Å². The van der Waals surface area contributed by atoms with Gasteiger partial charge in [0.15, 0.2) is 0 Å². The molecule has 3 heterocycles. The number of nitrogens with one attached hydrogen (secondary N) is 2. The van der Waals surface area contributed by atoms with Crippen molar-refractivity contribution in [1.82, 2.24) is 15.1 Å². The molecule has 4 rings (SSSR count). The highest BCUT2D eigenvalue weighted by Gasteiger charge is 2.31. The number of hydrogen-bond donors (Lipinski definition) is 3. The summed E-state index contributed by atoms with van der Waals surface area (Å²) >= 11 is 0. The van der Waals surface area contributed by atoms with Crippen LogP contribution in [0.15, 0.2) is 18.2 Å². The van der Waals surface area contributed by atoms with Crippen molar-refractivity contribution in [2.45, 2.75) is 44.7 Å². The number of halogens is 1. The second kappa shape index (κ2) is 10.5. The fourth-order valence-corrected chi connectivity index (χ4v) is 5.23. The van der Waals surface area contributed by atoms with Gasteiger partial charge in [-0.05, 0) is 74.4 Å². The number of carboxylic acids is 1. The molecular formula is C23H33ClN4O4. The molecule has 2 saturated heterocycles. The Morgan fingerprint density at radius 3 is 2.41 bits per heavy atom. The number of amides is 2. The molecule has 1 aromatic rings. The lowest BCUT2D eigenvalue weighted by Gasteiger charge is -2.37. The lowest BCUT2D eigenvalue weighted by molar-refractivity contribution is -0.141. The Balaban J connectivity index is 0.00000289. The van der Waals surface area contributed by atoms with Crippen molar-refractivity contribution in [3.05, 3.63) is 29.3 Å². The monoisotopic (exact) mass is 464 g/mol. The quantitative estimate of drug-likeness (QED) is 0.631. The number of fused-ring (bicyclic) bond motifs is 1. The number of anilines is 1. The summed E-state index contributed by atoms with van der Waals surface area (Å²) in [6.07, 6.45) is 4.33. The molecule has 0 aliphatic carbocycles. The number of benzene rings is 1. The molecule has 2 amide bonds. The predicted molar refractivity (Wildman–Crippen MR) is 124 cm³/mol. The van der Waals surface area contributed by atoms with E-state index in [4.69, 9.17) is 5.11 Å². The molecule has 0 radical (unpaired) electrons. The molecule has 2 fully saturated rings. The summed E-state index contributed by atoms with van der Waals surface area (Å²) in [7, 11) is 1.66. The number of carboxylic acid groups (broad SMARTS) is 1. The molecule has 0 unspecified atom stereocenters. The zero-order valence-electron chi connectivity index (χ0n) is 18.5. The van der Waals surface area contributed by atoms with Crippen molar-refractivity contribution in [1.29, 1.82) is 0 Å². The van der Waals surface area contributed by atoms with Gasteiger partial charge in [-0.15, -0.1) is 12.4 Å². The van der Waals surface area contributed by atoms with Crippen LogP contribution in [0, 0.1) is 11.8 Å². The minimum atomic E-state index is -1.03. The Morgan fingerprint density at radius 1 is 1.09 bits per heavy atom. The molecule has 3 N–H and O–H groups in total. The van der Waals surface area contributed by atoms with Gasteiger partial charge in [-0.2, -0.15) is 0 Å². The number of piperidine rings is 2. The topological polar surface area (TPSA) is 102 Å². The van der Waals surface area contributed by atoms with Crippen LogP contribution in [0.4, 0.5) is 5.69 Å². The molecule has 0 bridgehead atoms. The Hall–Kier alpha value is -2.32. The number of carbonyl (C=O) groups excluding carboxylic acids is 2. The zero-order chi connectivity index (χ0) is 22.0. The molecule has 32 heavy (non-hydrogen) atoms. The van der Waals surface area contributed by atoms with Crippen molar-refractivity contribution < 1.29 is 19.5 Å². The van der Waals surface area contributed by atoms with Crippen LogP contribution in [0.3, 0.4) is 0 Å². The second-order valence-corrected chi connectivity index (χ2v) is 9.08. The maximum Gasteiger partial charge on any atom is 0.305 e. The van der Waals surface area contributed by atoms with E-state index in [-0.39, 0.29) is 30.6 Å². The summed E-state index contributed by atoms with van der Waals surface area (Å²) < 4.78 is 0. The van der Waals surface area contributed by atoms with Gasteiger partial charge >= 0.3 is 5.97 Å². The number of rotatable bonds is 4. The lowest BCUT2D eigenvalue weighted by atomic mass is 9.79. The van der Waals surface area contributed by atoms with E-state index >= 15 is 0 Å². The van der Waals surface area contributed by atoms with E-state index in [1.807, 2.05) is 11.0 Å². The second-order valence-electron chi connectivity index (χ2n) is 9.08. The van der Waals surface area contributed by atoms with Gasteiger partial charge in [0, 0.05) is 37.9 Å². The van der Waals surface area contributed by atoms with Gasteiger partial charge in [-0.3, -0.25) is 14.4 Å². The number of aliphatic carboxylic acids is 1. The first-order chi connectivity index (χ1) is 14.9. The highest BCUT2D eigenvalue weighted by Crippen LogP contribution is 2.32. The highest BCUT2D eigenvalue weighted by molar-refractivity contribution is 5.96. The summed E-state index contributed by atoms with van der Waals surface area (Å²) in [4.78, 5) is 40.2. The van der Waals surface area contributed by atoms with Crippen molar-refractivity contribution in [3.8, 4) is 0 Å². The first-order valence-corrected chi connectivity index (χ1v) is 11.3. The fraction of sp³-hybridized carbons (Fsp3) is 0.609. The molecule has 0 saturated carbocycles. The normalized spacial score (nSPS) is 22.4. The van der Waals surface area contributed by atoms with Gasteiger partial charge in [0.05, 0.1) is 6.42 Å². The lowest BCUT2D eigenvalue weighted by Crippen LogP contribution is -2.42. The third kappa shape index (κ3) is 5.35. The summed E-state index contributed by atoms with van der Waals surface area (Å²) in [6.45, 7) is 4.15. The molecule has 3 aliphatic rings. The molecule has 8 nitrogen and oxygen atoms in total. The van der Waals surface area contributed by atoms with Crippen LogP contribution < -0.4 is 10.6 Å². The predicted octanol–water partition coefficient (Wildman–Crippen LogP) is 2.19. The van der Waals surface area contributed by atoms with Gasteiger partial charge in [-0.25, -0.2) is 0 Å². The number of nitrogens with zero attached hydrogens (tertiary/aromatic N) is 2. The molecule has 176 valence electrons. The van der Waals surface area contributed by atoms with Gasteiger partial charge in [-0.1, -0.05) is 0 Å². The van der Waals surface area contributed by atoms with Crippen molar-refractivity contribution in [2.24, 2.45) is 11.8 Å². The van der Waals surface area contributed by atoms with Crippen LogP contribution in [0.5, 0.6) is 0 Å². The molecule has 9 heteroatoms. The zero-order valence-corrected chi connectivity index (χ0v) is 19.3. The molecular weight excluding hydrogens is 432 g/mol. The summed E-state index contributed by atoms with van der Waals surface area (Å²) in [5.74, 6) is 0.248. The van der Waals surface area contributed by atoms with Crippen molar-refractivity contribution in [2.75, 3.05) is 38.5 Å². The number of carbonyl (C=O) groups is 3. The fourth-order valence-electron chi connectivity index (χ4n) is 5.23. The maximum absolute atomic E-state index is 13.1. The SMILES string of the molecule is CN1Cc2cc(C(=O)N3CCC(C4CCNCC4)CC3)ccc2N[C@@H](CC(=O)O)C1=O.Cl.